The van der Waals surface area contributed by atoms with Crippen LogP contribution in [-0.2, 0) is 17.8 Å². The molecule has 1 aromatic carbocycles. The average Bonchev–Trinajstić information content (AvgIpc) is 2.64. The normalized spacial score (nSPS) is 13.7. The third kappa shape index (κ3) is 5.11. The first-order valence-electron chi connectivity index (χ1n) is 9.36. The zero-order valence-electron chi connectivity index (χ0n) is 16.1. The molecule has 0 N–H and O–H groups in total. The Morgan fingerprint density at radius 3 is 2.20 bits per heavy atom. The predicted molar refractivity (Wildman–Crippen MR) is 100 cm³/mol. The number of ether oxygens (including phenoxy) is 2. The lowest BCUT2D eigenvalue weighted by molar-refractivity contribution is -0.132. The minimum absolute atomic E-state index is 0.248. The van der Waals surface area contributed by atoms with Gasteiger partial charge >= 0.3 is 0 Å². The summed E-state index contributed by atoms with van der Waals surface area (Å²) in [7, 11) is 3.30. The second kappa shape index (κ2) is 9.66. The molecule has 0 saturated heterocycles. The van der Waals surface area contributed by atoms with Crippen LogP contribution in [0.4, 0.5) is 0 Å². The van der Waals surface area contributed by atoms with Crippen LogP contribution < -0.4 is 9.47 Å². The topological polar surface area (TPSA) is 42.0 Å². The highest BCUT2D eigenvalue weighted by molar-refractivity contribution is 5.76. The van der Waals surface area contributed by atoms with E-state index in [9.17, 15) is 4.79 Å². The summed E-state index contributed by atoms with van der Waals surface area (Å²) in [6.45, 7) is 8.82. The number of nitrogens with zero attached hydrogens (tertiary/aromatic N) is 2. The van der Waals surface area contributed by atoms with Crippen molar-refractivity contribution in [1.82, 2.24) is 9.80 Å². The van der Waals surface area contributed by atoms with Crippen LogP contribution in [-0.4, -0.2) is 56.1 Å². The minimum Gasteiger partial charge on any atom is -0.493 e. The van der Waals surface area contributed by atoms with E-state index in [1.165, 1.54) is 5.56 Å². The minimum atomic E-state index is 0.248. The molecule has 0 fully saturated rings. The number of carbonyl (C=O) groups excluding carboxylic acids is 1. The van der Waals surface area contributed by atoms with Crippen molar-refractivity contribution in [3.8, 4) is 11.5 Å². The lowest BCUT2D eigenvalue weighted by Crippen LogP contribution is -2.38. The van der Waals surface area contributed by atoms with Gasteiger partial charge in [-0.2, -0.15) is 0 Å². The second-order valence-corrected chi connectivity index (χ2v) is 6.63. The molecule has 1 aromatic rings. The zero-order valence-corrected chi connectivity index (χ0v) is 16.1. The molecule has 2 rings (SSSR count). The van der Waals surface area contributed by atoms with Crippen LogP contribution in [0.5, 0.6) is 11.5 Å². The highest BCUT2D eigenvalue weighted by Crippen LogP contribution is 2.33. The molecule has 5 heteroatoms. The molecule has 0 bridgehead atoms. The smallest absolute Gasteiger partial charge is 0.224 e. The van der Waals surface area contributed by atoms with Crippen molar-refractivity contribution in [1.29, 1.82) is 0 Å². The fourth-order valence-corrected chi connectivity index (χ4v) is 3.48. The Morgan fingerprint density at radius 1 is 1.04 bits per heavy atom. The van der Waals surface area contributed by atoms with E-state index in [0.29, 0.717) is 13.0 Å². The molecule has 1 heterocycles. The Morgan fingerprint density at radius 2 is 1.64 bits per heavy atom. The average molecular weight is 348 g/mol. The molecule has 25 heavy (non-hydrogen) atoms. The van der Waals surface area contributed by atoms with Crippen molar-refractivity contribution in [2.75, 3.05) is 40.4 Å². The molecule has 0 saturated carbocycles. The van der Waals surface area contributed by atoms with Gasteiger partial charge in [-0.3, -0.25) is 4.79 Å². The van der Waals surface area contributed by atoms with E-state index >= 15 is 0 Å². The van der Waals surface area contributed by atoms with Crippen molar-refractivity contribution in [3.05, 3.63) is 23.3 Å². The van der Waals surface area contributed by atoms with Crippen LogP contribution in [0.15, 0.2) is 12.1 Å². The molecule has 0 radical (unpaired) electrons. The molecule has 0 spiro atoms. The summed E-state index contributed by atoms with van der Waals surface area (Å²) < 4.78 is 10.8. The first-order valence-corrected chi connectivity index (χ1v) is 9.36. The Labute approximate surface area is 151 Å². The first-order chi connectivity index (χ1) is 12.1. The van der Waals surface area contributed by atoms with Gasteiger partial charge in [0.15, 0.2) is 11.5 Å². The molecular weight excluding hydrogens is 316 g/mol. The van der Waals surface area contributed by atoms with E-state index in [-0.39, 0.29) is 5.91 Å². The Balaban J connectivity index is 1.98. The number of amides is 1. The van der Waals surface area contributed by atoms with Gasteiger partial charge in [-0.05, 0) is 55.6 Å². The number of carbonyl (C=O) groups is 1. The van der Waals surface area contributed by atoms with E-state index in [4.69, 9.17) is 9.47 Å². The lowest BCUT2D eigenvalue weighted by atomic mass is 9.98. The van der Waals surface area contributed by atoms with E-state index in [1.54, 1.807) is 14.2 Å². The maximum Gasteiger partial charge on any atom is 0.224 e. The molecule has 1 aliphatic heterocycles. The van der Waals surface area contributed by atoms with E-state index < -0.39 is 0 Å². The van der Waals surface area contributed by atoms with Gasteiger partial charge in [0.2, 0.25) is 5.91 Å². The summed E-state index contributed by atoms with van der Waals surface area (Å²) in [6, 6.07) is 4.05. The molecule has 1 amide bonds. The molecule has 5 nitrogen and oxygen atoms in total. The van der Waals surface area contributed by atoms with E-state index in [2.05, 4.69) is 18.7 Å². The van der Waals surface area contributed by atoms with Gasteiger partial charge in [-0.25, -0.2) is 0 Å². The van der Waals surface area contributed by atoms with Crippen molar-refractivity contribution in [2.24, 2.45) is 0 Å². The standard InChI is InChI=1S/C20H32N2O3/c1-5-9-21(10-6-2)11-8-20(23)22-12-7-16-13-18(24-3)19(25-4)14-17(16)15-22/h13-14H,5-12,15H2,1-4H3. The van der Waals surface area contributed by atoms with Gasteiger partial charge in [0.05, 0.1) is 14.2 Å². The second-order valence-electron chi connectivity index (χ2n) is 6.63. The summed E-state index contributed by atoms with van der Waals surface area (Å²) in [5.41, 5.74) is 2.41. The molecule has 0 aliphatic carbocycles. The maximum atomic E-state index is 12.6. The number of rotatable bonds is 9. The first kappa shape index (κ1) is 19.6. The number of hydrogen-bond acceptors (Lipinski definition) is 4. The van der Waals surface area contributed by atoms with Crippen molar-refractivity contribution in [3.63, 3.8) is 0 Å². The van der Waals surface area contributed by atoms with Crippen molar-refractivity contribution >= 4 is 5.91 Å². The Bertz CT molecular complexity index is 568. The van der Waals surface area contributed by atoms with Crippen molar-refractivity contribution < 1.29 is 14.3 Å². The summed E-state index contributed by atoms with van der Waals surface area (Å²) >= 11 is 0. The SMILES string of the molecule is CCCN(CCC)CCC(=O)N1CCc2cc(OC)c(OC)cc2C1. The van der Waals surface area contributed by atoms with E-state index in [1.807, 2.05) is 17.0 Å². The largest absolute Gasteiger partial charge is 0.493 e. The summed E-state index contributed by atoms with van der Waals surface area (Å²) in [6.07, 6.45) is 3.73. The molecule has 140 valence electrons. The molecule has 0 unspecified atom stereocenters. The molecule has 0 aromatic heterocycles. The van der Waals surface area contributed by atoms with Gasteiger partial charge in [0, 0.05) is 26.1 Å². The van der Waals surface area contributed by atoms with Gasteiger partial charge in [0.25, 0.3) is 0 Å². The van der Waals surface area contributed by atoms with Crippen LogP contribution in [0.1, 0.15) is 44.2 Å². The molecule has 1 aliphatic rings. The van der Waals surface area contributed by atoms with Gasteiger partial charge in [-0.1, -0.05) is 13.8 Å². The molecular formula is C20H32N2O3. The summed E-state index contributed by atoms with van der Waals surface area (Å²) in [4.78, 5) is 17.0. The van der Waals surface area contributed by atoms with Gasteiger partial charge in [0.1, 0.15) is 0 Å². The molecule has 0 atom stereocenters. The monoisotopic (exact) mass is 348 g/mol. The number of hydrogen-bond donors (Lipinski definition) is 0. The number of fused-ring (bicyclic) bond motifs is 1. The predicted octanol–water partition coefficient (Wildman–Crippen LogP) is 3.10. The number of methoxy groups -OCH3 is 2. The van der Waals surface area contributed by atoms with E-state index in [0.717, 1.165) is 62.5 Å². The Kier molecular flexibility index (Phi) is 7.56. The van der Waals surface area contributed by atoms with Gasteiger partial charge in [-0.15, -0.1) is 0 Å². The third-order valence-electron chi connectivity index (χ3n) is 4.79. The lowest BCUT2D eigenvalue weighted by Gasteiger charge is -2.30. The Hall–Kier alpha value is -1.75. The van der Waals surface area contributed by atoms with Crippen LogP contribution in [0.2, 0.25) is 0 Å². The summed E-state index contributed by atoms with van der Waals surface area (Å²) in [5, 5.41) is 0. The highest BCUT2D eigenvalue weighted by atomic mass is 16.5. The number of benzene rings is 1. The third-order valence-corrected chi connectivity index (χ3v) is 4.79. The van der Waals surface area contributed by atoms with Crippen LogP contribution in [0, 0.1) is 0 Å². The highest BCUT2D eigenvalue weighted by Gasteiger charge is 2.23. The zero-order chi connectivity index (χ0) is 18.2. The summed E-state index contributed by atoms with van der Waals surface area (Å²) in [5.74, 6) is 1.74. The fraction of sp³-hybridized carbons (Fsp3) is 0.650. The van der Waals surface area contributed by atoms with Crippen LogP contribution in [0.25, 0.3) is 0 Å². The van der Waals surface area contributed by atoms with Crippen LogP contribution in [0.3, 0.4) is 0 Å². The van der Waals surface area contributed by atoms with Gasteiger partial charge < -0.3 is 19.3 Å². The van der Waals surface area contributed by atoms with Crippen molar-refractivity contribution in [2.45, 2.75) is 46.1 Å². The maximum absolute atomic E-state index is 12.6. The fourth-order valence-electron chi connectivity index (χ4n) is 3.48. The quantitative estimate of drug-likeness (QED) is 0.688. The van der Waals surface area contributed by atoms with Crippen LogP contribution >= 0.6 is 0 Å².